The number of rotatable bonds is 7. The second kappa shape index (κ2) is 8.25. The minimum atomic E-state index is -3.18. The Morgan fingerprint density at radius 3 is 1.92 bits per heavy atom. The molecule has 2 atom stereocenters. The van der Waals surface area contributed by atoms with Gasteiger partial charge in [0.05, 0.1) is 18.4 Å². The van der Waals surface area contributed by atoms with Gasteiger partial charge in [-0.15, -0.1) is 0 Å². The third-order valence-corrected chi connectivity index (χ3v) is 7.39. The maximum atomic E-state index is 14.2. The van der Waals surface area contributed by atoms with Crippen molar-refractivity contribution in [1.82, 2.24) is 0 Å². The van der Waals surface area contributed by atoms with E-state index in [-0.39, 0.29) is 6.61 Å². The highest BCUT2D eigenvalue weighted by Crippen LogP contribution is 2.51. The average molecular weight is 342 g/mol. The van der Waals surface area contributed by atoms with E-state index in [4.69, 9.17) is 5.11 Å². The fourth-order valence-electron chi connectivity index (χ4n) is 2.71. The lowest BCUT2D eigenvalue weighted by Gasteiger charge is -2.30. The van der Waals surface area contributed by atoms with Crippen LogP contribution < -0.4 is 10.6 Å². The molecule has 2 rings (SSSR count). The monoisotopic (exact) mass is 342 g/mol. The Hall–Kier alpha value is -1.93. The molecule has 0 bridgehead atoms. The van der Waals surface area contributed by atoms with Gasteiger partial charge in [-0.1, -0.05) is 85.0 Å². The van der Waals surface area contributed by atoms with E-state index in [1.54, 1.807) is 13.0 Å². The van der Waals surface area contributed by atoms with Gasteiger partial charge >= 0.3 is 0 Å². The third kappa shape index (κ3) is 3.76. The predicted octanol–water partition coefficient (Wildman–Crippen LogP) is 2.85. The summed E-state index contributed by atoms with van der Waals surface area (Å²) >= 11 is 0. The topological polar surface area (TPSA) is 57.5 Å². The average Bonchev–Trinajstić information content (AvgIpc) is 2.62. The second-order valence-electron chi connectivity index (χ2n) is 5.72. The minimum Gasteiger partial charge on any atom is -0.392 e. The number of hydrogen-bond acceptors (Lipinski definition) is 3. The maximum Gasteiger partial charge on any atom is 0.152 e. The Morgan fingerprint density at radius 2 is 1.54 bits per heavy atom. The van der Waals surface area contributed by atoms with Crippen molar-refractivity contribution in [2.75, 3.05) is 6.61 Å². The SMILES string of the molecule is C=C(C)[C@H](O)[C@@H](/C=C/CO)P(=O)(c1ccccc1)c1ccccc1. The van der Waals surface area contributed by atoms with Gasteiger partial charge in [-0.3, -0.25) is 0 Å². The van der Waals surface area contributed by atoms with Crippen molar-refractivity contribution in [2.24, 2.45) is 0 Å². The van der Waals surface area contributed by atoms with Gasteiger partial charge in [-0.25, -0.2) is 0 Å². The molecular weight excluding hydrogens is 319 g/mol. The molecular formula is C20H23O3P. The van der Waals surface area contributed by atoms with E-state index in [0.29, 0.717) is 16.2 Å². The van der Waals surface area contributed by atoms with Crippen molar-refractivity contribution >= 4 is 17.8 Å². The maximum absolute atomic E-state index is 14.2. The molecule has 0 spiro atoms. The smallest absolute Gasteiger partial charge is 0.152 e. The zero-order valence-corrected chi connectivity index (χ0v) is 14.6. The summed E-state index contributed by atoms with van der Waals surface area (Å²) in [6.07, 6.45) is 2.19. The van der Waals surface area contributed by atoms with Gasteiger partial charge in [0.25, 0.3) is 0 Å². The lowest BCUT2D eigenvalue weighted by molar-refractivity contribution is 0.216. The lowest BCUT2D eigenvalue weighted by Crippen LogP contribution is -2.34. The molecule has 0 aliphatic rings. The molecule has 2 aromatic rings. The molecule has 4 heteroatoms. The Morgan fingerprint density at radius 1 is 1.08 bits per heavy atom. The van der Waals surface area contributed by atoms with Crippen molar-refractivity contribution in [2.45, 2.75) is 18.7 Å². The van der Waals surface area contributed by atoms with E-state index >= 15 is 0 Å². The van der Waals surface area contributed by atoms with Crippen molar-refractivity contribution < 1.29 is 14.8 Å². The van der Waals surface area contributed by atoms with Gasteiger partial charge in [-0.05, 0) is 6.92 Å². The van der Waals surface area contributed by atoms with Crippen molar-refractivity contribution in [3.05, 3.63) is 85.0 Å². The fraction of sp³-hybridized carbons (Fsp3) is 0.200. The standard InChI is InChI=1S/C20H23O3P/c1-16(2)20(22)19(14-9-15-21)24(23,17-10-5-3-6-11-17)18-12-7-4-8-13-18/h3-14,19-22H,1,15H2,2H3/b14-9+/t19-,20+/m1/s1. The first-order chi connectivity index (χ1) is 11.5. The van der Waals surface area contributed by atoms with Gasteiger partial charge in [0, 0.05) is 10.6 Å². The lowest BCUT2D eigenvalue weighted by atomic mass is 10.1. The largest absolute Gasteiger partial charge is 0.392 e. The zero-order chi connectivity index (χ0) is 17.6. The van der Waals surface area contributed by atoms with Crippen LogP contribution in [0.25, 0.3) is 0 Å². The second-order valence-corrected chi connectivity index (χ2v) is 8.67. The number of hydrogen-bond donors (Lipinski definition) is 2. The first kappa shape index (κ1) is 18.4. The summed E-state index contributed by atoms with van der Waals surface area (Å²) in [5.41, 5.74) is -0.151. The molecule has 0 unspecified atom stereocenters. The van der Waals surface area contributed by atoms with Gasteiger partial charge in [0.2, 0.25) is 0 Å². The minimum absolute atomic E-state index is 0.178. The summed E-state index contributed by atoms with van der Waals surface area (Å²) in [4.78, 5) is 0. The van der Waals surface area contributed by atoms with Crippen LogP contribution in [-0.2, 0) is 4.57 Å². The van der Waals surface area contributed by atoms with E-state index in [2.05, 4.69) is 6.58 Å². The Labute approximate surface area is 143 Å². The normalized spacial score (nSPS) is 14.5. The van der Waals surface area contributed by atoms with Crippen LogP contribution in [0, 0.1) is 0 Å². The summed E-state index contributed by atoms with van der Waals surface area (Å²) in [7, 11) is -3.18. The Balaban J connectivity index is 2.70. The molecule has 2 aromatic carbocycles. The molecule has 24 heavy (non-hydrogen) atoms. The highest BCUT2D eigenvalue weighted by Gasteiger charge is 2.39. The van der Waals surface area contributed by atoms with Crippen LogP contribution in [0.2, 0.25) is 0 Å². The fourth-order valence-corrected chi connectivity index (χ4v) is 5.94. The Bertz CT molecular complexity index is 694. The summed E-state index contributed by atoms with van der Waals surface area (Å²) in [6, 6.07) is 18.4. The van der Waals surface area contributed by atoms with Crippen molar-refractivity contribution in [3.8, 4) is 0 Å². The molecule has 3 nitrogen and oxygen atoms in total. The van der Waals surface area contributed by atoms with Crippen LogP contribution in [0.5, 0.6) is 0 Å². The van der Waals surface area contributed by atoms with E-state index in [1.807, 2.05) is 60.7 Å². The van der Waals surface area contributed by atoms with Crippen LogP contribution in [0.1, 0.15) is 6.92 Å². The number of aliphatic hydroxyl groups excluding tert-OH is 2. The third-order valence-electron chi connectivity index (χ3n) is 3.97. The first-order valence-electron chi connectivity index (χ1n) is 7.83. The van der Waals surface area contributed by atoms with Gasteiger partial charge in [-0.2, -0.15) is 0 Å². The van der Waals surface area contributed by atoms with Crippen molar-refractivity contribution in [3.63, 3.8) is 0 Å². The van der Waals surface area contributed by atoms with Crippen LogP contribution in [-0.4, -0.2) is 28.6 Å². The summed E-state index contributed by atoms with van der Waals surface area (Å²) < 4.78 is 14.2. The van der Waals surface area contributed by atoms with Crippen LogP contribution in [0.15, 0.2) is 85.0 Å². The molecule has 0 aliphatic heterocycles. The molecule has 0 fully saturated rings. The molecule has 0 saturated carbocycles. The first-order valence-corrected chi connectivity index (χ1v) is 9.61. The van der Waals surface area contributed by atoms with E-state index in [0.717, 1.165) is 0 Å². The van der Waals surface area contributed by atoms with Crippen LogP contribution >= 0.6 is 7.14 Å². The predicted molar refractivity (Wildman–Crippen MR) is 101 cm³/mol. The zero-order valence-electron chi connectivity index (χ0n) is 13.7. The van der Waals surface area contributed by atoms with E-state index in [1.165, 1.54) is 6.08 Å². The molecule has 0 saturated heterocycles. The highest BCUT2D eigenvalue weighted by atomic mass is 31.2. The van der Waals surface area contributed by atoms with Gasteiger partial charge in [0.15, 0.2) is 7.14 Å². The van der Waals surface area contributed by atoms with E-state index < -0.39 is 18.9 Å². The summed E-state index contributed by atoms with van der Waals surface area (Å²) in [6.45, 7) is 5.35. The van der Waals surface area contributed by atoms with Crippen molar-refractivity contribution in [1.29, 1.82) is 0 Å². The Kier molecular flexibility index (Phi) is 6.33. The molecule has 0 heterocycles. The molecule has 2 N–H and O–H groups in total. The molecule has 126 valence electrons. The van der Waals surface area contributed by atoms with Crippen LogP contribution in [0.3, 0.4) is 0 Å². The van der Waals surface area contributed by atoms with Crippen LogP contribution in [0.4, 0.5) is 0 Å². The molecule has 0 radical (unpaired) electrons. The number of benzene rings is 2. The molecule has 0 aromatic heterocycles. The highest BCUT2D eigenvalue weighted by molar-refractivity contribution is 7.79. The number of aliphatic hydroxyl groups is 2. The summed E-state index contributed by atoms with van der Waals surface area (Å²) in [5, 5.41) is 21.2. The van der Waals surface area contributed by atoms with Gasteiger partial charge in [0.1, 0.15) is 0 Å². The van der Waals surface area contributed by atoms with Gasteiger partial charge < -0.3 is 14.8 Å². The quantitative estimate of drug-likeness (QED) is 0.601. The van der Waals surface area contributed by atoms with E-state index in [9.17, 15) is 9.67 Å². The summed E-state index contributed by atoms with van der Waals surface area (Å²) in [5.74, 6) is 0. The molecule has 0 amide bonds. The molecule has 0 aliphatic carbocycles.